The first kappa shape index (κ1) is 30.0. The summed E-state index contributed by atoms with van der Waals surface area (Å²) in [5.41, 5.74) is 6.72. The molecule has 4 amide bonds. The van der Waals surface area contributed by atoms with Gasteiger partial charge in [-0.15, -0.1) is 0 Å². The molecule has 2 saturated carbocycles. The quantitative estimate of drug-likeness (QED) is 0.353. The Bertz CT molecular complexity index is 1340. The number of nitrogens with zero attached hydrogens (tertiary/aromatic N) is 1. The van der Waals surface area contributed by atoms with Gasteiger partial charge >= 0.3 is 6.09 Å². The van der Waals surface area contributed by atoms with E-state index in [2.05, 4.69) is 15.4 Å². The molecule has 5 rings (SSSR count). The Kier molecular flexibility index (Phi) is 8.88. The van der Waals surface area contributed by atoms with E-state index in [4.69, 9.17) is 10.5 Å². The van der Waals surface area contributed by atoms with Crippen LogP contribution < -0.4 is 21.1 Å². The summed E-state index contributed by atoms with van der Waals surface area (Å²) in [7, 11) is -3.84. The molecule has 0 spiro atoms. The third-order valence-electron chi connectivity index (χ3n) is 8.42. The van der Waals surface area contributed by atoms with E-state index in [1.807, 2.05) is 36.4 Å². The van der Waals surface area contributed by atoms with Crippen molar-refractivity contribution in [1.82, 2.24) is 20.3 Å². The minimum atomic E-state index is -3.84. The molecular weight excluding hydrogens is 562 g/mol. The topological polar surface area (TPSA) is 177 Å². The molecule has 0 aromatic heterocycles. The Morgan fingerprint density at radius 3 is 2.45 bits per heavy atom. The standard InChI is InChI=1S/C29H39N5O7S/c30-23-11-5-3-1-2-4-10-21-16-29(21,27(37)33-42(39,40)22-12-13-22)32-26(36)24(31-25(23)35)14-15-41-28(38)34-17-19-8-6-7-9-20(19)18-34/h4,6-10,21-24H,1-3,5,11-18,30H2,(H,31,35)(H,32,36)(H,33,37)/b10-4-/t21?,23-,24-,29-/m0/s1. The molecule has 4 aliphatic rings. The van der Waals surface area contributed by atoms with Crippen molar-refractivity contribution in [3.63, 3.8) is 0 Å². The molecule has 12 nitrogen and oxygen atoms in total. The molecule has 2 fully saturated rings. The monoisotopic (exact) mass is 601 g/mol. The summed E-state index contributed by atoms with van der Waals surface area (Å²) < 4.78 is 32.7. The average Bonchev–Trinajstić information content (AvgIpc) is 3.87. The number of fused-ring (bicyclic) bond motifs is 2. The number of nitrogens with two attached hydrogens (primary N) is 1. The number of sulfonamides is 1. The number of amides is 4. The van der Waals surface area contributed by atoms with Gasteiger partial charge in [-0.3, -0.25) is 24.0 Å². The van der Waals surface area contributed by atoms with Gasteiger partial charge in [0.1, 0.15) is 11.6 Å². The third-order valence-corrected chi connectivity index (χ3v) is 10.2. The van der Waals surface area contributed by atoms with Crippen LogP contribution in [0.1, 0.15) is 68.9 Å². The Balaban J connectivity index is 1.27. The van der Waals surface area contributed by atoms with Crippen molar-refractivity contribution in [2.24, 2.45) is 11.7 Å². The second-order valence-electron chi connectivity index (χ2n) is 11.7. The van der Waals surface area contributed by atoms with Crippen LogP contribution in [-0.4, -0.2) is 66.6 Å². The van der Waals surface area contributed by atoms with Crippen molar-refractivity contribution in [3.05, 3.63) is 47.5 Å². The van der Waals surface area contributed by atoms with Gasteiger partial charge in [0, 0.05) is 25.4 Å². The summed E-state index contributed by atoms with van der Waals surface area (Å²) in [6, 6.07) is 5.72. The molecule has 42 heavy (non-hydrogen) atoms. The van der Waals surface area contributed by atoms with Gasteiger partial charge in [0.15, 0.2) is 0 Å². The first-order valence-electron chi connectivity index (χ1n) is 14.7. The molecule has 2 aliphatic carbocycles. The molecule has 2 heterocycles. The Labute approximate surface area is 245 Å². The lowest BCUT2D eigenvalue weighted by Gasteiger charge is -2.25. The minimum absolute atomic E-state index is 0.0601. The van der Waals surface area contributed by atoms with Crippen LogP contribution in [0, 0.1) is 5.92 Å². The molecule has 1 aromatic carbocycles. The number of hydrogen-bond donors (Lipinski definition) is 4. The largest absolute Gasteiger partial charge is 0.449 e. The maximum atomic E-state index is 13.6. The first-order chi connectivity index (χ1) is 20.1. The van der Waals surface area contributed by atoms with Crippen LogP contribution in [0.3, 0.4) is 0 Å². The molecule has 13 heteroatoms. The fourth-order valence-corrected chi connectivity index (χ4v) is 6.89. The molecule has 0 bridgehead atoms. The number of hydrogen-bond acceptors (Lipinski definition) is 8. The molecule has 228 valence electrons. The summed E-state index contributed by atoms with van der Waals surface area (Å²) in [6.45, 7) is 0.666. The van der Waals surface area contributed by atoms with Gasteiger partial charge in [-0.2, -0.15) is 0 Å². The van der Waals surface area contributed by atoms with Gasteiger partial charge in [0.05, 0.1) is 17.9 Å². The summed E-state index contributed by atoms with van der Waals surface area (Å²) in [5, 5.41) is 4.80. The molecular formula is C29H39N5O7S. The van der Waals surface area contributed by atoms with Crippen LogP contribution in [-0.2, 0) is 42.2 Å². The summed E-state index contributed by atoms with van der Waals surface area (Å²) in [5.74, 6) is -2.38. The average molecular weight is 602 g/mol. The van der Waals surface area contributed by atoms with Crippen LogP contribution in [0.5, 0.6) is 0 Å². The van der Waals surface area contributed by atoms with Gasteiger partial charge < -0.3 is 21.1 Å². The normalized spacial score (nSPS) is 29.1. The highest BCUT2D eigenvalue weighted by molar-refractivity contribution is 7.91. The van der Waals surface area contributed by atoms with Crippen molar-refractivity contribution in [2.45, 2.75) is 93.7 Å². The smallest absolute Gasteiger partial charge is 0.410 e. The van der Waals surface area contributed by atoms with Crippen LogP contribution in [0.25, 0.3) is 0 Å². The van der Waals surface area contributed by atoms with E-state index in [1.54, 1.807) is 4.90 Å². The lowest BCUT2D eigenvalue weighted by atomic mass is 10.1. The van der Waals surface area contributed by atoms with Gasteiger partial charge in [-0.25, -0.2) is 13.2 Å². The predicted molar refractivity (Wildman–Crippen MR) is 153 cm³/mol. The Hall–Kier alpha value is -3.45. The van der Waals surface area contributed by atoms with E-state index in [1.165, 1.54) is 0 Å². The predicted octanol–water partition coefficient (Wildman–Crippen LogP) is 1.34. The van der Waals surface area contributed by atoms with Gasteiger partial charge in [-0.1, -0.05) is 49.3 Å². The Morgan fingerprint density at radius 2 is 1.76 bits per heavy atom. The molecule has 0 saturated heterocycles. The van der Waals surface area contributed by atoms with Crippen molar-refractivity contribution < 1.29 is 32.3 Å². The van der Waals surface area contributed by atoms with E-state index < -0.39 is 62.6 Å². The number of benzene rings is 1. The zero-order valence-corrected chi connectivity index (χ0v) is 24.4. The van der Waals surface area contributed by atoms with E-state index >= 15 is 0 Å². The number of ether oxygens (including phenoxy) is 1. The molecule has 0 radical (unpaired) electrons. The molecule has 2 aliphatic heterocycles. The SMILES string of the molecule is N[C@H]1CCCCC/C=C\C2C[C@]2(C(=O)NS(=O)(=O)C2CC2)NC(=O)[C@H](CCOC(=O)N2Cc3ccccc3C2)NC1=O. The third kappa shape index (κ3) is 6.95. The van der Waals surface area contributed by atoms with Crippen LogP contribution in [0.4, 0.5) is 4.79 Å². The zero-order valence-electron chi connectivity index (χ0n) is 23.5. The lowest BCUT2D eigenvalue weighted by molar-refractivity contribution is -0.133. The highest BCUT2D eigenvalue weighted by Gasteiger charge is 2.61. The molecule has 1 aromatic rings. The van der Waals surface area contributed by atoms with Crippen molar-refractivity contribution in [3.8, 4) is 0 Å². The number of allylic oxidation sites excluding steroid dienone is 1. The fraction of sp³-hybridized carbons (Fsp3) is 0.586. The summed E-state index contributed by atoms with van der Waals surface area (Å²) in [4.78, 5) is 54.1. The number of carbonyl (C=O) groups is 4. The van der Waals surface area contributed by atoms with Crippen molar-refractivity contribution in [2.75, 3.05) is 6.61 Å². The van der Waals surface area contributed by atoms with Crippen molar-refractivity contribution >= 4 is 33.8 Å². The second-order valence-corrected chi connectivity index (χ2v) is 13.7. The number of carbonyl (C=O) groups excluding carboxylic acids is 4. The highest BCUT2D eigenvalue weighted by atomic mass is 32.2. The number of rotatable bonds is 6. The van der Waals surface area contributed by atoms with E-state index in [0.717, 1.165) is 36.8 Å². The van der Waals surface area contributed by atoms with Crippen LogP contribution in [0.15, 0.2) is 36.4 Å². The van der Waals surface area contributed by atoms with Crippen LogP contribution in [0.2, 0.25) is 0 Å². The minimum Gasteiger partial charge on any atom is -0.449 e. The van der Waals surface area contributed by atoms with Gasteiger partial charge in [0.25, 0.3) is 5.91 Å². The Morgan fingerprint density at radius 1 is 1.05 bits per heavy atom. The maximum Gasteiger partial charge on any atom is 0.410 e. The van der Waals surface area contributed by atoms with E-state index in [-0.39, 0.29) is 19.4 Å². The summed E-state index contributed by atoms with van der Waals surface area (Å²) in [6.07, 6.45) is 8.06. The second kappa shape index (κ2) is 12.4. The number of nitrogens with one attached hydrogen (secondary N) is 3. The lowest BCUT2D eigenvalue weighted by Crippen LogP contribution is -2.58. The van der Waals surface area contributed by atoms with Gasteiger partial charge in [0.2, 0.25) is 21.8 Å². The zero-order chi connectivity index (χ0) is 29.9. The molecule has 5 N–H and O–H groups in total. The van der Waals surface area contributed by atoms with Crippen LogP contribution >= 0.6 is 0 Å². The van der Waals surface area contributed by atoms with Gasteiger partial charge in [-0.05, 0) is 49.7 Å². The molecule has 4 atom stereocenters. The maximum absolute atomic E-state index is 13.6. The highest BCUT2D eigenvalue weighted by Crippen LogP contribution is 2.45. The summed E-state index contributed by atoms with van der Waals surface area (Å²) >= 11 is 0. The fourth-order valence-electron chi connectivity index (χ4n) is 5.53. The van der Waals surface area contributed by atoms with E-state index in [9.17, 15) is 27.6 Å². The molecule has 1 unspecified atom stereocenters. The van der Waals surface area contributed by atoms with Crippen molar-refractivity contribution in [1.29, 1.82) is 0 Å². The van der Waals surface area contributed by atoms with E-state index in [0.29, 0.717) is 32.4 Å². The first-order valence-corrected chi connectivity index (χ1v) is 16.2.